The minimum Gasteiger partial charge on any atom is -0.492 e. The molecular weight excluding hydrogens is 369 g/mol. The van der Waals surface area contributed by atoms with E-state index in [4.69, 9.17) is 15.2 Å². The number of hydrogen-bond donors (Lipinski definition) is 1. The minimum absolute atomic E-state index is 0.223. The van der Waals surface area contributed by atoms with E-state index in [0.29, 0.717) is 36.8 Å². The molecule has 3 aromatic rings. The van der Waals surface area contributed by atoms with Gasteiger partial charge in [0.15, 0.2) is 5.65 Å². The molecule has 2 aromatic heterocycles. The maximum absolute atomic E-state index is 5.94. The maximum Gasteiger partial charge on any atom is 0.223 e. The molecule has 0 bridgehead atoms. The van der Waals surface area contributed by atoms with Crippen LogP contribution < -0.4 is 10.5 Å². The first-order valence-corrected chi connectivity index (χ1v) is 10.0. The van der Waals surface area contributed by atoms with Crippen molar-refractivity contribution < 1.29 is 9.47 Å². The molecule has 1 unspecified atom stereocenters. The smallest absolute Gasteiger partial charge is 0.223 e. The molecule has 2 N–H and O–H groups in total. The molecule has 0 aliphatic carbocycles. The van der Waals surface area contributed by atoms with Gasteiger partial charge in [-0.2, -0.15) is 4.98 Å². The third-order valence-electron chi connectivity index (χ3n) is 3.56. The second-order valence-electron chi connectivity index (χ2n) is 5.47. The molecule has 3 rings (SSSR count). The number of nitrogens with zero attached hydrogens (tertiary/aromatic N) is 4. The van der Waals surface area contributed by atoms with Gasteiger partial charge in [0.1, 0.15) is 16.3 Å². The Hall–Kier alpha value is -1.89. The van der Waals surface area contributed by atoms with Gasteiger partial charge < -0.3 is 19.8 Å². The molecular formula is C17H22N5O2PS. The predicted molar refractivity (Wildman–Crippen MR) is 107 cm³/mol. The molecule has 0 fully saturated rings. The molecule has 1 aromatic carbocycles. The highest BCUT2D eigenvalue weighted by Crippen LogP contribution is 2.36. The molecule has 0 radical (unpaired) electrons. The normalized spacial score (nSPS) is 11.2. The van der Waals surface area contributed by atoms with E-state index in [9.17, 15) is 0 Å². The van der Waals surface area contributed by atoms with Crippen molar-refractivity contribution in [3.63, 3.8) is 0 Å². The highest BCUT2D eigenvalue weighted by molar-refractivity contribution is 7.99. The van der Waals surface area contributed by atoms with E-state index in [1.807, 2.05) is 28.8 Å². The van der Waals surface area contributed by atoms with Crippen molar-refractivity contribution in [3.05, 3.63) is 30.6 Å². The van der Waals surface area contributed by atoms with Gasteiger partial charge in [-0.05, 0) is 18.6 Å². The summed E-state index contributed by atoms with van der Waals surface area (Å²) in [4.78, 5) is 14.2. The van der Waals surface area contributed by atoms with E-state index in [2.05, 4.69) is 31.1 Å². The summed E-state index contributed by atoms with van der Waals surface area (Å²) >= 11 is 1.48. The molecule has 2 heterocycles. The highest BCUT2D eigenvalue weighted by atomic mass is 32.2. The van der Waals surface area contributed by atoms with Gasteiger partial charge in [-0.1, -0.05) is 30.8 Å². The lowest BCUT2D eigenvalue weighted by atomic mass is 10.3. The monoisotopic (exact) mass is 391 g/mol. The third kappa shape index (κ3) is 4.44. The number of nitrogens with two attached hydrogens (primary N) is 1. The van der Waals surface area contributed by atoms with E-state index in [-0.39, 0.29) is 5.95 Å². The Morgan fingerprint density at radius 3 is 2.88 bits per heavy atom. The lowest BCUT2D eigenvalue weighted by Gasteiger charge is -2.10. The summed E-state index contributed by atoms with van der Waals surface area (Å²) in [5.41, 5.74) is 7.37. The lowest BCUT2D eigenvalue weighted by Crippen LogP contribution is -2.06. The van der Waals surface area contributed by atoms with Crippen LogP contribution in [0.3, 0.4) is 0 Å². The number of benzene rings is 1. The van der Waals surface area contributed by atoms with Crippen LogP contribution in [0, 0.1) is 0 Å². The van der Waals surface area contributed by atoms with Crippen LogP contribution in [-0.2, 0) is 11.3 Å². The summed E-state index contributed by atoms with van der Waals surface area (Å²) in [6.07, 6.45) is 3.29. The van der Waals surface area contributed by atoms with Crippen molar-refractivity contribution >= 4 is 38.1 Å². The molecule has 0 saturated heterocycles. The first kappa shape index (κ1) is 18.9. The fourth-order valence-corrected chi connectivity index (χ4v) is 3.51. The zero-order valence-corrected chi connectivity index (χ0v) is 16.6. The van der Waals surface area contributed by atoms with Gasteiger partial charge in [-0.15, -0.1) is 9.24 Å². The average Bonchev–Trinajstić information content (AvgIpc) is 3.04. The van der Waals surface area contributed by atoms with Gasteiger partial charge >= 0.3 is 0 Å². The largest absolute Gasteiger partial charge is 0.492 e. The van der Waals surface area contributed by atoms with E-state index < -0.39 is 0 Å². The van der Waals surface area contributed by atoms with Crippen molar-refractivity contribution in [2.45, 2.75) is 29.8 Å². The van der Waals surface area contributed by atoms with E-state index in [1.54, 1.807) is 6.33 Å². The SMILES string of the molecule is CCCOc1ccccc1Sc1nc(N)nc2c1ncn2CCOCP. The molecule has 26 heavy (non-hydrogen) atoms. The standard InChI is InChI=1S/C17H22N5O2PS/c1-2-8-24-12-5-3-4-6-13(12)26-16-14-15(20-17(18)21-16)22(10-19-14)7-9-23-11-25/h3-6,10H,2,7-9,11,25H2,1H3,(H2,18,20,21). The number of nitrogen functional groups attached to an aromatic ring is 1. The third-order valence-corrected chi connectivity index (χ3v) is 4.83. The second-order valence-corrected chi connectivity index (χ2v) is 6.83. The number of imidazole rings is 1. The van der Waals surface area contributed by atoms with Gasteiger partial charge in [0.2, 0.25) is 5.95 Å². The summed E-state index contributed by atoms with van der Waals surface area (Å²) in [6, 6.07) is 7.89. The Labute approximate surface area is 158 Å². The lowest BCUT2D eigenvalue weighted by molar-refractivity contribution is 0.173. The molecule has 9 heteroatoms. The number of ether oxygens (including phenoxy) is 2. The average molecular weight is 391 g/mol. The van der Waals surface area contributed by atoms with Crippen LogP contribution in [-0.4, -0.2) is 39.1 Å². The van der Waals surface area contributed by atoms with Crippen LogP contribution in [0.5, 0.6) is 5.75 Å². The Kier molecular flexibility index (Phi) is 6.66. The summed E-state index contributed by atoms with van der Waals surface area (Å²) < 4.78 is 13.1. The molecule has 1 atom stereocenters. The van der Waals surface area contributed by atoms with Gasteiger partial charge in [0.25, 0.3) is 0 Å². The van der Waals surface area contributed by atoms with Crippen molar-refractivity contribution in [2.75, 3.05) is 25.3 Å². The molecule has 138 valence electrons. The molecule has 0 amide bonds. The fraction of sp³-hybridized carbons (Fsp3) is 0.353. The first-order valence-electron chi connectivity index (χ1n) is 8.38. The van der Waals surface area contributed by atoms with Gasteiger partial charge in [0, 0.05) is 6.54 Å². The molecule has 0 aliphatic rings. The summed E-state index contributed by atoms with van der Waals surface area (Å²) in [5, 5.41) is 0.714. The number of rotatable bonds is 9. The summed E-state index contributed by atoms with van der Waals surface area (Å²) in [6.45, 7) is 3.98. The van der Waals surface area contributed by atoms with Gasteiger partial charge in [0.05, 0.1) is 30.8 Å². The van der Waals surface area contributed by atoms with Crippen molar-refractivity contribution in [2.24, 2.45) is 0 Å². The van der Waals surface area contributed by atoms with Crippen LogP contribution in [0.25, 0.3) is 11.2 Å². The molecule has 0 saturated carbocycles. The highest BCUT2D eigenvalue weighted by Gasteiger charge is 2.15. The predicted octanol–water partition coefficient (Wildman–Crippen LogP) is 3.20. The van der Waals surface area contributed by atoms with Gasteiger partial charge in [-0.25, -0.2) is 9.97 Å². The van der Waals surface area contributed by atoms with Crippen molar-refractivity contribution in [1.29, 1.82) is 0 Å². The Morgan fingerprint density at radius 1 is 1.23 bits per heavy atom. The van der Waals surface area contributed by atoms with Crippen molar-refractivity contribution in [1.82, 2.24) is 19.5 Å². The topological polar surface area (TPSA) is 88.1 Å². The van der Waals surface area contributed by atoms with Crippen LogP contribution in [0.1, 0.15) is 13.3 Å². The fourth-order valence-electron chi connectivity index (χ4n) is 2.39. The minimum atomic E-state index is 0.223. The van der Waals surface area contributed by atoms with Crippen LogP contribution in [0.15, 0.2) is 40.5 Å². The molecule has 0 aliphatic heterocycles. The van der Waals surface area contributed by atoms with E-state index >= 15 is 0 Å². The molecule has 7 nitrogen and oxygen atoms in total. The zero-order chi connectivity index (χ0) is 18.4. The summed E-state index contributed by atoms with van der Waals surface area (Å²) in [5.74, 6) is 1.05. The Bertz CT molecular complexity index is 873. The van der Waals surface area contributed by atoms with Crippen LogP contribution in [0.2, 0.25) is 0 Å². The quantitative estimate of drug-likeness (QED) is 0.340. The van der Waals surface area contributed by atoms with E-state index in [1.165, 1.54) is 11.8 Å². The molecule has 0 spiro atoms. The van der Waals surface area contributed by atoms with Gasteiger partial charge in [-0.3, -0.25) is 0 Å². The number of anilines is 1. The second kappa shape index (κ2) is 9.16. The van der Waals surface area contributed by atoms with Crippen LogP contribution >= 0.6 is 21.0 Å². The maximum atomic E-state index is 5.94. The number of para-hydroxylation sites is 1. The Morgan fingerprint density at radius 2 is 2.08 bits per heavy atom. The number of aromatic nitrogens is 4. The zero-order valence-electron chi connectivity index (χ0n) is 14.6. The Balaban J connectivity index is 1.91. The first-order chi connectivity index (χ1) is 12.7. The number of hydrogen-bond acceptors (Lipinski definition) is 7. The van der Waals surface area contributed by atoms with E-state index in [0.717, 1.165) is 22.6 Å². The number of fused-ring (bicyclic) bond motifs is 1. The van der Waals surface area contributed by atoms with Crippen LogP contribution in [0.4, 0.5) is 5.95 Å². The summed E-state index contributed by atoms with van der Waals surface area (Å²) in [7, 11) is 2.54. The van der Waals surface area contributed by atoms with Crippen molar-refractivity contribution in [3.8, 4) is 5.75 Å².